The highest BCUT2D eigenvalue weighted by atomic mass is 35.5. The van der Waals surface area contributed by atoms with E-state index in [0.717, 1.165) is 0 Å². The molecule has 1 aliphatic heterocycles. The number of amides is 1. The van der Waals surface area contributed by atoms with Crippen LogP contribution in [-0.2, 0) is 19.6 Å². The topological polar surface area (TPSA) is 84.9 Å². The van der Waals surface area contributed by atoms with E-state index in [1.807, 2.05) is 0 Å². The molecule has 1 fully saturated rings. The first-order valence-electron chi connectivity index (χ1n) is 8.00. The molecule has 1 amide bonds. The Labute approximate surface area is 153 Å². The van der Waals surface area contributed by atoms with Crippen molar-refractivity contribution in [2.45, 2.75) is 17.7 Å². The van der Waals surface area contributed by atoms with Crippen LogP contribution < -0.4 is 10.1 Å². The van der Waals surface area contributed by atoms with E-state index in [4.69, 9.17) is 21.1 Å². The fourth-order valence-corrected chi connectivity index (χ4v) is 4.62. The average Bonchev–Trinajstić information content (AvgIpc) is 2.61. The zero-order chi connectivity index (χ0) is 18.4. The molecule has 25 heavy (non-hydrogen) atoms. The van der Waals surface area contributed by atoms with Crippen molar-refractivity contribution >= 4 is 27.5 Å². The Kier molecular flexibility index (Phi) is 7.06. The summed E-state index contributed by atoms with van der Waals surface area (Å²) in [5.74, 6) is -0.103. The summed E-state index contributed by atoms with van der Waals surface area (Å²) >= 11 is 6.04. The molecule has 0 bridgehead atoms. The van der Waals surface area contributed by atoms with Crippen LogP contribution in [0.1, 0.15) is 12.8 Å². The summed E-state index contributed by atoms with van der Waals surface area (Å²) in [6, 6.07) is 4.36. The lowest BCUT2D eigenvalue weighted by atomic mass is 9.99. The number of methoxy groups -OCH3 is 2. The van der Waals surface area contributed by atoms with E-state index < -0.39 is 10.0 Å². The van der Waals surface area contributed by atoms with Crippen LogP contribution in [0, 0.1) is 5.92 Å². The Balaban J connectivity index is 2.11. The van der Waals surface area contributed by atoms with Gasteiger partial charge in [0.2, 0.25) is 15.9 Å². The maximum atomic E-state index is 12.8. The number of carbonyl (C=O) groups excluding carboxylic acids is 1. The van der Waals surface area contributed by atoms with E-state index in [1.54, 1.807) is 7.11 Å². The number of ether oxygens (including phenoxy) is 2. The summed E-state index contributed by atoms with van der Waals surface area (Å²) in [6.45, 7) is 1.37. The molecule has 9 heteroatoms. The van der Waals surface area contributed by atoms with E-state index in [1.165, 1.54) is 29.6 Å². The van der Waals surface area contributed by atoms with Crippen LogP contribution in [0.4, 0.5) is 0 Å². The van der Waals surface area contributed by atoms with Crippen LogP contribution in [-0.4, -0.2) is 59.1 Å². The van der Waals surface area contributed by atoms with Gasteiger partial charge < -0.3 is 14.8 Å². The molecule has 0 radical (unpaired) electrons. The minimum absolute atomic E-state index is 0.0961. The first-order valence-corrected chi connectivity index (χ1v) is 9.82. The van der Waals surface area contributed by atoms with Crippen molar-refractivity contribution < 1.29 is 22.7 Å². The van der Waals surface area contributed by atoms with Crippen molar-refractivity contribution in [2.75, 3.05) is 40.5 Å². The maximum Gasteiger partial charge on any atom is 0.243 e. The highest BCUT2D eigenvalue weighted by Gasteiger charge is 2.33. The summed E-state index contributed by atoms with van der Waals surface area (Å²) in [5, 5.41) is 3.00. The molecule has 1 saturated heterocycles. The summed E-state index contributed by atoms with van der Waals surface area (Å²) in [7, 11) is -0.691. The van der Waals surface area contributed by atoms with Gasteiger partial charge in [0.25, 0.3) is 0 Å². The molecular formula is C16H23ClN2O5S. The number of hydrogen-bond donors (Lipinski definition) is 1. The lowest BCUT2D eigenvalue weighted by molar-refractivity contribution is -0.126. The molecule has 1 N–H and O–H groups in total. The van der Waals surface area contributed by atoms with Crippen LogP contribution in [0.2, 0.25) is 5.02 Å². The molecule has 1 aliphatic rings. The number of sulfonamides is 1. The molecule has 0 spiro atoms. The van der Waals surface area contributed by atoms with Gasteiger partial charge in [-0.15, -0.1) is 0 Å². The highest BCUT2D eigenvalue weighted by molar-refractivity contribution is 7.89. The van der Waals surface area contributed by atoms with E-state index in [2.05, 4.69) is 5.32 Å². The first kappa shape index (κ1) is 20.0. The highest BCUT2D eigenvalue weighted by Crippen LogP contribution is 2.30. The Morgan fingerprint density at radius 1 is 1.40 bits per heavy atom. The van der Waals surface area contributed by atoms with E-state index >= 15 is 0 Å². The second-order valence-electron chi connectivity index (χ2n) is 5.78. The van der Waals surface area contributed by atoms with Gasteiger partial charge in [-0.25, -0.2) is 8.42 Å². The predicted molar refractivity (Wildman–Crippen MR) is 94.4 cm³/mol. The Morgan fingerprint density at radius 3 is 2.80 bits per heavy atom. The average molecular weight is 391 g/mol. The van der Waals surface area contributed by atoms with Crippen molar-refractivity contribution in [2.24, 2.45) is 5.92 Å². The summed E-state index contributed by atoms with van der Waals surface area (Å²) in [5.41, 5.74) is 0. The third kappa shape index (κ3) is 4.84. The van der Waals surface area contributed by atoms with E-state index in [-0.39, 0.29) is 28.3 Å². The molecule has 2 rings (SSSR count). The number of piperidine rings is 1. The van der Waals surface area contributed by atoms with Crippen LogP contribution in [0.15, 0.2) is 23.1 Å². The molecule has 1 heterocycles. The minimum atomic E-state index is -3.71. The maximum absolute atomic E-state index is 12.8. The molecule has 0 unspecified atom stereocenters. The Hall–Kier alpha value is -1.35. The van der Waals surface area contributed by atoms with Crippen molar-refractivity contribution in [3.63, 3.8) is 0 Å². The van der Waals surface area contributed by atoms with Crippen molar-refractivity contribution in [3.8, 4) is 5.75 Å². The number of nitrogens with zero attached hydrogens (tertiary/aromatic N) is 1. The van der Waals surface area contributed by atoms with E-state index in [9.17, 15) is 13.2 Å². The van der Waals surface area contributed by atoms with Crippen LogP contribution in [0.3, 0.4) is 0 Å². The zero-order valence-corrected chi connectivity index (χ0v) is 15.9. The van der Waals surface area contributed by atoms with Crippen molar-refractivity contribution in [1.29, 1.82) is 0 Å². The zero-order valence-electron chi connectivity index (χ0n) is 14.3. The molecule has 7 nitrogen and oxygen atoms in total. The Bertz CT molecular complexity index is 710. The van der Waals surface area contributed by atoms with Gasteiger partial charge in [0.1, 0.15) is 5.75 Å². The van der Waals surface area contributed by atoms with Crippen LogP contribution in [0.25, 0.3) is 0 Å². The SMILES string of the molecule is COCCNC(=O)[C@@H]1CCCN(S(=O)(=O)c2ccc(OC)c(Cl)c2)C1. The number of benzene rings is 1. The molecule has 1 aromatic rings. The predicted octanol–water partition coefficient (Wildman–Crippen LogP) is 1.51. The number of nitrogens with one attached hydrogen (secondary N) is 1. The van der Waals surface area contributed by atoms with Crippen LogP contribution >= 0.6 is 11.6 Å². The summed E-state index contributed by atoms with van der Waals surface area (Å²) in [4.78, 5) is 12.3. The quantitative estimate of drug-likeness (QED) is 0.713. The number of carbonyl (C=O) groups is 1. The molecule has 0 saturated carbocycles. The fraction of sp³-hybridized carbons (Fsp3) is 0.562. The number of hydrogen-bond acceptors (Lipinski definition) is 5. The molecule has 1 atom stereocenters. The van der Waals surface area contributed by atoms with Gasteiger partial charge in [-0.2, -0.15) is 4.31 Å². The van der Waals surface area contributed by atoms with Gasteiger partial charge >= 0.3 is 0 Å². The third-order valence-electron chi connectivity index (χ3n) is 4.12. The Morgan fingerprint density at radius 2 is 2.16 bits per heavy atom. The minimum Gasteiger partial charge on any atom is -0.495 e. The van der Waals surface area contributed by atoms with Gasteiger partial charge in [-0.1, -0.05) is 11.6 Å². The summed E-state index contributed by atoms with van der Waals surface area (Å²) in [6.07, 6.45) is 1.29. The fourth-order valence-electron chi connectivity index (χ4n) is 2.75. The van der Waals surface area contributed by atoms with Gasteiger partial charge in [0.05, 0.1) is 29.6 Å². The lowest BCUT2D eigenvalue weighted by Crippen LogP contribution is -2.45. The summed E-state index contributed by atoms with van der Waals surface area (Å²) < 4.78 is 37.0. The molecular weight excluding hydrogens is 368 g/mol. The lowest BCUT2D eigenvalue weighted by Gasteiger charge is -2.31. The normalized spacial score (nSPS) is 18.8. The van der Waals surface area contributed by atoms with Gasteiger partial charge in [0, 0.05) is 26.7 Å². The van der Waals surface area contributed by atoms with Crippen molar-refractivity contribution in [1.82, 2.24) is 9.62 Å². The second-order valence-corrected chi connectivity index (χ2v) is 8.13. The van der Waals surface area contributed by atoms with Gasteiger partial charge in [-0.3, -0.25) is 4.79 Å². The monoisotopic (exact) mass is 390 g/mol. The molecule has 140 valence electrons. The van der Waals surface area contributed by atoms with E-state index in [0.29, 0.717) is 38.3 Å². The van der Waals surface area contributed by atoms with Gasteiger partial charge in [0.15, 0.2) is 0 Å². The molecule has 1 aromatic carbocycles. The van der Waals surface area contributed by atoms with Gasteiger partial charge in [-0.05, 0) is 31.0 Å². The number of rotatable bonds is 7. The largest absolute Gasteiger partial charge is 0.495 e. The van der Waals surface area contributed by atoms with Crippen LogP contribution in [0.5, 0.6) is 5.75 Å². The third-order valence-corrected chi connectivity index (χ3v) is 6.28. The van der Waals surface area contributed by atoms with Crippen molar-refractivity contribution in [3.05, 3.63) is 23.2 Å². The number of halogens is 1. The molecule has 0 aliphatic carbocycles. The second kappa shape index (κ2) is 8.84. The smallest absolute Gasteiger partial charge is 0.243 e. The molecule has 0 aromatic heterocycles. The first-order chi connectivity index (χ1) is 11.9. The standard InChI is InChI=1S/C16H23ClN2O5S/c1-23-9-7-18-16(20)12-4-3-8-19(11-12)25(21,22)13-5-6-15(24-2)14(17)10-13/h5-6,10,12H,3-4,7-9,11H2,1-2H3,(H,18,20)/t12-/m1/s1.